The first kappa shape index (κ1) is 17.4. The molecule has 0 bridgehead atoms. The highest BCUT2D eigenvalue weighted by molar-refractivity contribution is 6.04. The Hall–Kier alpha value is -3.40. The highest BCUT2D eigenvalue weighted by Crippen LogP contribution is 2.17. The Kier molecular flexibility index (Phi) is 5.78. The second-order valence-corrected chi connectivity index (χ2v) is 5.80. The van der Waals surface area contributed by atoms with Crippen LogP contribution in [0, 0.1) is 0 Å². The van der Waals surface area contributed by atoms with Crippen LogP contribution in [0.25, 0.3) is 0 Å². The van der Waals surface area contributed by atoms with Crippen LogP contribution >= 0.6 is 0 Å². The Morgan fingerprint density at radius 1 is 0.769 bits per heavy atom. The monoisotopic (exact) mass is 345 g/mol. The van der Waals surface area contributed by atoms with E-state index in [1.807, 2.05) is 48.5 Å². The van der Waals surface area contributed by atoms with Crippen LogP contribution in [0.3, 0.4) is 0 Å². The van der Waals surface area contributed by atoms with Crippen molar-refractivity contribution < 1.29 is 14.3 Å². The third kappa shape index (κ3) is 5.05. The van der Waals surface area contributed by atoms with E-state index in [-0.39, 0.29) is 11.9 Å². The second-order valence-electron chi connectivity index (χ2n) is 5.80. The standard InChI is InChI=1S/C22H19NO3/c24-21(16-11-17-7-3-1-4-8-17)26-20-14-12-19(13-15-20)23-22(25)18-9-5-2-6-10-18/h1-10,12-15H,11,16H2,(H,23,25). The van der Waals surface area contributed by atoms with Crippen LogP contribution < -0.4 is 10.1 Å². The molecule has 0 aromatic heterocycles. The lowest BCUT2D eigenvalue weighted by atomic mass is 10.1. The van der Waals surface area contributed by atoms with Crippen molar-refractivity contribution in [2.75, 3.05) is 5.32 Å². The molecule has 130 valence electrons. The number of aryl methyl sites for hydroxylation is 1. The Morgan fingerprint density at radius 2 is 1.38 bits per heavy atom. The predicted octanol–water partition coefficient (Wildman–Crippen LogP) is 4.48. The Morgan fingerprint density at radius 3 is 2.04 bits per heavy atom. The molecule has 0 aliphatic heterocycles. The smallest absolute Gasteiger partial charge is 0.311 e. The molecule has 0 saturated carbocycles. The van der Waals surface area contributed by atoms with E-state index in [1.54, 1.807) is 36.4 Å². The van der Waals surface area contributed by atoms with Gasteiger partial charge in [-0.05, 0) is 48.4 Å². The van der Waals surface area contributed by atoms with Gasteiger partial charge < -0.3 is 10.1 Å². The van der Waals surface area contributed by atoms with Gasteiger partial charge in [-0.3, -0.25) is 9.59 Å². The van der Waals surface area contributed by atoms with Gasteiger partial charge in [-0.25, -0.2) is 0 Å². The van der Waals surface area contributed by atoms with E-state index in [2.05, 4.69) is 5.32 Å². The molecule has 0 aliphatic carbocycles. The van der Waals surface area contributed by atoms with Crippen molar-refractivity contribution in [1.29, 1.82) is 0 Å². The molecule has 26 heavy (non-hydrogen) atoms. The first-order chi connectivity index (χ1) is 12.7. The minimum atomic E-state index is -0.282. The van der Waals surface area contributed by atoms with E-state index in [4.69, 9.17) is 4.74 Å². The van der Waals surface area contributed by atoms with Crippen LogP contribution in [0.1, 0.15) is 22.3 Å². The molecule has 0 spiro atoms. The lowest BCUT2D eigenvalue weighted by Crippen LogP contribution is -2.12. The van der Waals surface area contributed by atoms with E-state index in [1.165, 1.54) is 0 Å². The maximum atomic E-state index is 12.1. The van der Waals surface area contributed by atoms with Gasteiger partial charge in [-0.1, -0.05) is 48.5 Å². The largest absolute Gasteiger partial charge is 0.427 e. The first-order valence-corrected chi connectivity index (χ1v) is 8.42. The summed E-state index contributed by atoms with van der Waals surface area (Å²) in [6, 6.07) is 25.5. The third-order valence-corrected chi connectivity index (χ3v) is 3.84. The molecule has 0 fully saturated rings. The van der Waals surface area contributed by atoms with Crippen molar-refractivity contribution in [1.82, 2.24) is 0 Å². The maximum Gasteiger partial charge on any atom is 0.311 e. The molecule has 1 amide bonds. The van der Waals surface area contributed by atoms with Crippen molar-refractivity contribution in [3.63, 3.8) is 0 Å². The van der Waals surface area contributed by atoms with Gasteiger partial charge in [0.25, 0.3) is 5.91 Å². The predicted molar refractivity (Wildman–Crippen MR) is 101 cm³/mol. The average Bonchev–Trinajstić information content (AvgIpc) is 2.69. The molecule has 3 aromatic rings. The number of amides is 1. The zero-order valence-corrected chi connectivity index (χ0v) is 14.2. The van der Waals surface area contributed by atoms with Gasteiger partial charge in [0.2, 0.25) is 0 Å². The minimum absolute atomic E-state index is 0.182. The van der Waals surface area contributed by atoms with Gasteiger partial charge >= 0.3 is 5.97 Å². The number of carbonyl (C=O) groups excluding carboxylic acids is 2. The van der Waals surface area contributed by atoms with E-state index in [0.717, 1.165) is 5.56 Å². The molecule has 1 N–H and O–H groups in total. The van der Waals surface area contributed by atoms with Gasteiger partial charge in [-0.15, -0.1) is 0 Å². The molecule has 4 heteroatoms. The summed E-state index contributed by atoms with van der Waals surface area (Å²) in [5.41, 5.74) is 2.33. The molecular formula is C22H19NO3. The second kappa shape index (κ2) is 8.62. The summed E-state index contributed by atoms with van der Waals surface area (Å²) < 4.78 is 5.33. The van der Waals surface area contributed by atoms with Crippen molar-refractivity contribution in [3.05, 3.63) is 96.1 Å². The van der Waals surface area contributed by atoms with Crippen molar-refractivity contribution in [3.8, 4) is 5.75 Å². The normalized spacial score (nSPS) is 10.2. The molecule has 3 aromatic carbocycles. The van der Waals surface area contributed by atoms with Crippen LogP contribution in [-0.2, 0) is 11.2 Å². The fraction of sp³-hybridized carbons (Fsp3) is 0.0909. The molecule has 4 nitrogen and oxygen atoms in total. The van der Waals surface area contributed by atoms with E-state index >= 15 is 0 Å². The summed E-state index contributed by atoms with van der Waals surface area (Å²) >= 11 is 0. The quantitative estimate of drug-likeness (QED) is 0.529. The Labute approximate surface area is 152 Å². The number of hydrogen-bond donors (Lipinski definition) is 1. The molecule has 0 heterocycles. The van der Waals surface area contributed by atoms with E-state index < -0.39 is 0 Å². The molecule has 0 atom stereocenters. The van der Waals surface area contributed by atoms with Crippen molar-refractivity contribution >= 4 is 17.6 Å². The molecule has 0 unspecified atom stereocenters. The van der Waals surface area contributed by atoms with E-state index in [9.17, 15) is 9.59 Å². The zero-order valence-electron chi connectivity index (χ0n) is 14.2. The highest BCUT2D eigenvalue weighted by Gasteiger charge is 2.07. The van der Waals surface area contributed by atoms with Crippen LogP contribution in [-0.4, -0.2) is 11.9 Å². The molecular weight excluding hydrogens is 326 g/mol. The number of benzene rings is 3. The lowest BCUT2D eigenvalue weighted by molar-refractivity contribution is -0.134. The number of nitrogens with one attached hydrogen (secondary N) is 1. The highest BCUT2D eigenvalue weighted by atomic mass is 16.5. The van der Waals surface area contributed by atoms with Crippen LogP contribution in [0.15, 0.2) is 84.9 Å². The molecule has 0 saturated heterocycles. The molecule has 0 radical (unpaired) electrons. The van der Waals surface area contributed by atoms with Crippen LogP contribution in [0.5, 0.6) is 5.75 Å². The summed E-state index contributed by atoms with van der Waals surface area (Å²) in [6.45, 7) is 0. The van der Waals surface area contributed by atoms with E-state index in [0.29, 0.717) is 29.8 Å². The van der Waals surface area contributed by atoms with Crippen LogP contribution in [0.4, 0.5) is 5.69 Å². The number of anilines is 1. The lowest BCUT2D eigenvalue weighted by Gasteiger charge is -2.07. The zero-order chi connectivity index (χ0) is 18.2. The van der Waals surface area contributed by atoms with Gasteiger partial charge in [-0.2, -0.15) is 0 Å². The maximum absolute atomic E-state index is 12.1. The van der Waals surface area contributed by atoms with Gasteiger partial charge in [0.15, 0.2) is 0 Å². The topological polar surface area (TPSA) is 55.4 Å². The Balaban J connectivity index is 1.51. The first-order valence-electron chi connectivity index (χ1n) is 8.42. The molecule has 3 rings (SSSR count). The number of ether oxygens (including phenoxy) is 1. The van der Waals surface area contributed by atoms with Gasteiger partial charge in [0, 0.05) is 17.7 Å². The number of esters is 1. The summed E-state index contributed by atoms with van der Waals surface area (Å²) in [7, 11) is 0. The Bertz CT molecular complexity index is 859. The van der Waals surface area contributed by atoms with Gasteiger partial charge in [0.1, 0.15) is 5.75 Å². The summed E-state index contributed by atoms with van der Waals surface area (Å²) in [5.74, 6) is -0.00565. The summed E-state index contributed by atoms with van der Waals surface area (Å²) in [4.78, 5) is 24.0. The summed E-state index contributed by atoms with van der Waals surface area (Å²) in [6.07, 6.45) is 0.960. The van der Waals surface area contributed by atoms with Gasteiger partial charge in [0.05, 0.1) is 0 Å². The van der Waals surface area contributed by atoms with Crippen molar-refractivity contribution in [2.45, 2.75) is 12.8 Å². The average molecular weight is 345 g/mol. The summed E-state index contributed by atoms with van der Waals surface area (Å²) in [5, 5.41) is 2.81. The van der Waals surface area contributed by atoms with Crippen molar-refractivity contribution in [2.24, 2.45) is 0 Å². The fourth-order valence-corrected chi connectivity index (χ4v) is 2.47. The number of rotatable bonds is 6. The number of hydrogen-bond acceptors (Lipinski definition) is 3. The SMILES string of the molecule is O=C(CCc1ccccc1)Oc1ccc(NC(=O)c2ccccc2)cc1. The fourth-order valence-electron chi connectivity index (χ4n) is 2.47. The number of carbonyl (C=O) groups is 2. The molecule has 0 aliphatic rings. The third-order valence-electron chi connectivity index (χ3n) is 3.84. The minimum Gasteiger partial charge on any atom is -0.427 e. The van der Waals surface area contributed by atoms with Crippen LogP contribution in [0.2, 0.25) is 0 Å².